The zero-order valence-electron chi connectivity index (χ0n) is 53.9. The maximum absolute atomic E-state index is 12.8. The number of esters is 3. The molecule has 0 bridgehead atoms. The van der Waals surface area contributed by atoms with E-state index in [1.807, 2.05) is 0 Å². The average molecular weight is 1150 g/mol. The molecular weight excluding hydrogens is 1020 g/mol. The molecule has 6 heteroatoms. The molecule has 0 saturated carbocycles. The van der Waals surface area contributed by atoms with Crippen molar-refractivity contribution in [1.29, 1.82) is 0 Å². The standard InChI is InChI=1S/C77H126O6/c1-4-7-10-13-15-17-19-21-23-25-27-29-31-33-35-37-38-40-41-43-45-47-49-51-53-55-57-59-61-64-67-70-76(79)82-73-74(72-81-75(78)69-66-63-12-9-6-3)83-77(80)71-68-65-62-60-58-56-54-52-50-48-46-44-42-39-36-34-32-30-28-26-24-22-20-18-16-14-11-8-5-2/h8,11,16,18-19,21-22,24-25,27-28,30-31,33-34,36,42,44,48,50,54,56,60,62,74H,4-7,9-10,12-15,17,20,23,26,29,32,35,37-41,43,45-47,49,51-53,55,57-59,61,63-73H2,1-3H3/b11-8-,18-16-,21-19-,24-22-,27-25-,30-28-,33-31-,36-34-,44-42-,50-48-,56-54-,62-60-. The molecule has 0 N–H and O–H groups in total. The summed E-state index contributed by atoms with van der Waals surface area (Å²) in [5.41, 5.74) is 0. The lowest BCUT2D eigenvalue weighted by atomic mass is 10.0. The van der Waals surface area contributed by atoms with Crippen LogP contribution in [0.25, 0.3) is 0 Å². The first-order valence-electron chi connectivity index (χ1n) is 34.3. The molecule has 470 valence electrons. The molecule has 0 radical (unpaired) electrons. The van der Waals surface area contributed by atoms with Gasteiger partial charge in [-0.1, -0.05) is 308 Å². The number of allylic oxidation sites excluding steroid dienone is 24. The fraction of sp³-hybridized carbons (Fsp3) is 0.649. The third kappa shape index (κ3) is 68.0. The molecule has 0 aromatic carbocycles. The summed E-state index contributed by atoms with van der Waals surface area (Å²) in [4.78, 5) is 38.0. The first kappa shape index (κ1) is 78.3. The molecular formula is C77H126O6. The second-order valence-corrected chi connectivity index (χ2v) is 22.4. The fourth-order valence-electron chi connectivity index (χ4n) is 9.22. The molecule has 0 saturated heterocycles. The Morgan fingerprint density at radius 2 is 0.482 bits per heavy atom. The minimum atomic E-state index is -0.811. The van der Waals surface area contributed by atoms with Crippen molar-refractivity contribution < 1.29 is 28.6 Å². The topological polar surface area (TPSA) is 78.9 Å². The highest BCUT2D eigenvalue weighted by Gasteiger charge is 2.19. The SMILES string of the molecule is CC/C=C\C/C=C\C/C=C\C/C=C\C/C=C\C/C=C\C/C=C\C/C=C\C/C=C\CCCC(=O)OC(COC(=O)CCCCCCC)COC(=O)CCCCCCCCCCCCCCCCCC/C=C\C/C=C\C/C=C\CCCCCCC. The number of unbranched alkanes of at least 4 members (excludes halogenated alkanes) is 26. The van der Waals surface area contributed by atoms with Gasteiger partial charge in [-0.3, -0.25) is 14.4 Å². The molecule has 0 aromatic heterocycles. The van der Waals surface area contributed by atoms with Crippen LogP contribution in [0.1, 0.15) is 303 Å². The summed E-state index contributed by atoms with van der Waals surface area (Å²) >= 11 is 0. The van der Waals surface area contributed by atoms with E-state index in [2.05, 4.69) is 167 Å². The molecule has 1 unspecified atom stereocenters. The van der Waals surface area contributed by atoms with E-state index in [4.69, 9.17) is 14.2 Å². The van der Waals surface area contributed by atoms with E-state index in [1.54, 1.807) is 0 Å². The lowest BCUT2D eigenvalue weighted by Gasteiger charge is -2.18. The second kappa shape index (κ2) is 69.8. The molecule has 0 rings (SSSR count). The first-order chi connectivity index (χ1) is 41.0. The van der Waals surface area contributed by atoms with Gasteiger partial charge in [0.1, 0.15) is 13.2 Å². The third-order valence-electron chi connectivity index (χ3n) is 14.3. The third-order valence-corrected chi connectivity index (χ3v) is 14.3. The van der Waals surface area contributed by atoms with Gasteiger partial charge >= 0.3 is 17.9 Å². The quantitative estimate of drug-likeness (QED) is 0.0261. The molecule has 0 aliphatic carbocycles. The van der Waals surface area contributed by atoms with Crippen LogP contribution in [0, 0.1) is 0 Å². The Kier molecular flexibility index (Phi) is 65.8. The van der Waals surface area contributed by atoms with Crippen molar-refractivity contribution in [2.45, 2.75) is 309 Å². The van der Waals surface area contributed by atoms with Crippen LogP contribution in [0.15, 0.2) is 146 Å². The van der Waals surface area contributed by atoms with E-state index in [0.29, 0.717) is 19.3 Å². The number of hydrogen-bond acceptors (Lipinski definition) is 6. The molecule has 0 fully saturated rings. The van der Waals surface area contributed by atoms with E-state index in [-0.39, 0.29) is 37.5 Å². The van der Waals surface area contributed by atoms with Crippen molar-refractivity contribution in [2.24, 2.45) is 0 Å². The molecule has 0 heterocycles. The molecule has 0 amide bonds. The Bertz CT molecular complexity index is 1800. The molecule has 0 aromatic rings. The smallest absolute Gasteiger partial charge is 0.306 e. The maximum Gasteiger partial charge on any atom is 0.306 e. The largest absolute Gasteiger partial charge is 0.462 e. The van der Waals surface area contributed by atoms with Crippen molar-refractivity contribution in [3.63, 3.8) is 0 Å². The normalized spacial score (nSPS) is 13.0. The molecule has 1 atom stereocenters. The van der Waals surface area contributed by atoms with Crippen LogP contribution >= 0.6 is 0 Å². The van der Waals surface area contributed by atoms with Gasteiger partial charge < -0.3 is 14.2 Å². The van der Waals surface area contributed by atoms with Crippen molar-refractivity contribution in [3.8, 4) is 0 Å². The first-order valence-corrected chi connectivity index (χ1v) is 34.3. The fourth-order valence-corrected chi connectivity index (χ4v) is 9.22. The van der Waals surface area contributed by atoms with Crippen LogP contribution in [0.4, 0.5) is 0 Å². The van der Waals surface area contributed by atoms with E-state index in [0.717, 1.165) is 128 Å². The van der Waals surface area contributed by atoms with Crippen molar-refractivity contribution in [1.82, 2.24) is 0 Å². The zero-order chi connectivity index (χ0) is 59.9. The van der Waals surface area contributed by atoms with Gasteiger partial charge in [0, 0.05) is 19.3 Å². The van der Waals surface area contributed by atoms with E-state index in [1.165, 1.54) is 128 Å². The van der Waals surface area contributed by atoms with Gasteiger partial charge in [-0.2, -0.15) is 0 Å². The van der Waals surface area contributed by atoms with Crippen LogP contribution in [0.3, 0.4) is 0 Å². The molecule has 6 nitrogen and oxygen atoms in total. The summed E-state index contributed by atoms with van der Waals surface area (Å²) in [6.45, 7) is 6.39. The second-order valence-electron chi connectivity index (χ2n) is 22.4. The number of ether oxygens (including phenoxy) is 3. The Morgan fingerprint density at radius 1 is 0.253 bits per heavy atom. The van der Waals surface area contributed by atoms with Gasteiger partial charge in [-0.15, -0.1) is 0 Å². The molecule has 0 spiro atoms. The lowest BCUT2D eigenvalue weighted by Crippen LogP contribution is -2.30. The number of carbonyl (C=O) groups excluding carboxylic acids is 3. The summed E-state index contributed by atoms with van der Waals surface area (Å²) in [7, 11) is 0. The number of carbonyl (C=O) groups is 3. The highest BCUT2D eigenvalue weighted by molar-refractivity contribution is 5.71. The van der Waals surface area contributed by atoms with Gasteiger partial charge in [0.05, 0.1) is 0 Å². The van der Waals surface area contributed by atoms with E-state index in [9.17, 15) is 14.4 Å². The molecule has 83 heavy (non-hydrogen) atoms. The number of hydrogen-bond donors (Lipinski definition) is 0. The Morgan fingerprint density at radius 3 is 0.771 bits per heavy atom. The Labute approximate surface area is 512 Å². The highest BCUT2D eigenvalue weighted by atomic mass is 16.6. The van der Waals surface area contributed by atoms with Crippen molar-refractivity contribution in [3.05, 3.63) is 146 Å². The van der Waals surface area contributed by atoms with Crippen molar-refractivity contribution in [2.75, 3.05) is 13.2 Å². The minimum absolute atomic E-state index is 0.104. The van der Waals surface area contributed by atoms with E-state index >= 15 is 0 Å². The summed E-state index contributed by atoms with van der Waals surface area (Å²) in [6.07, 6.45) is 101. The van der Waals surface area contributed by atoms with Crippen LogP contribution in [-0.2, 0) is 28.6 Å². The Balaban J connectivity index is 4.12. The van der Waals surface area contributed by atoms with Crippen LogP contribution in [0.2, 0.25) is 0 Å². The molecule has 0 aliphatic heterocycles. The predicted octanol–water partition coefficient (Wildman–Crippen LogP) is 23.9. The van der Waals surface area contributed by atoms with Crippen LogP contribution in [-0.4, -0.2) is 37.2 Å². The van der Waals surface area contributed by atoms with E-state index < -0.39 is 6.10 Å². The maximum atomic E-state index is 12.8. The monoisotopic (exact) mass is 1150 g/mol. The highest BCUT2D eigenvalue weighted by Crippen LogP contribution is 2.16. The van der Waals surface area contributed by atoms with Gasteiger partial charge in [-0.05, 0) is 122 Å². The average Bonchev–Trinajstić information content (AvgIpc) is 3.48. The predicted molar refractivity (Wildman–Crippen MR) is 362 cm³/mol. The molecule has 0 aliphatic rings. The summed E-state index contributed by atoms with van der Waals surface area (Å²) < 4.78 is 16.7. The summed E-state index contributed by atoms with van der Waals surface area (Å²) in [5.74, 6) is -0.978. The van der Waals surface area contributed by atoms with Crippen LogP contribution in [0.5, 0.6) is 0 Å². The van der Waals surface area contributed by atoms with Gasteiger partial charge in [-0.25, -0.2) is 0 Å². The minimum Gasteiger partial charge on any atom is -0.462 e. The van der Waals surface area contributed by atoms with Gasteiger partial charge in [0.2, 0.25) is 0 Å². The van der Waals surface area contributed by atoms with Gasteiger partial charge in [0.15, 0.2) is 6.10 Å². The summed E-state index contributed by atoms with van der Waals surface area (Å²) in [6, 6.07) is 0. The van der Waals surface area contributed by atoms with Crippen LogP contribution < -0.4 is 0 Å². The van der Waals surface area contributed by atoms with Crippen molar-refractivity contribution >= 4 is 17.9 Å². The summed E-state index contributed by atoms with van der Waals surface area (Å²) in [5, 5.41) is 0. The number of rotatable bonds is 61. The van der Waals surface area contributed by atoms with Gasteiger partial charge in [0.25, 0.3) is 0 Å². The Hall–Kier alpha value is -4.71. The zero-order valence-corrected chi connectivity index (χ0v) is 53.9. The lowest BCUT2D eigenvalue weighted by molar-refractivity contribution is -0.167.